The Balaban J connectivity index is 2.65. The van der Waals surface area contributed by atoms with Gasteiger partial charge in [-0.1, -0.05) is 12.1 Å². The largest absolute Gasteiger partial charge is 0.396 e. The van der Waals surface area contributed by atoms with Gasteiger partial charge in [-0.2, -0.15) is 0 Å². The lowest BCUT2D eigenvalue weighted by Crippen LogP contribution is -2.33. The van der Waals surface area contributed by atoms with E-state index in [1.165, 1.54) is 0 Å². The van der Waals surface area contributed by atoms with E-state index in [4.69, 9.17) is 5.11 Å². The second kappa shape index (κ2) is 5.88. The highest BCUT2D eigenvalue weighted by atomic mass is 79.9. The Morgan fingerprint density at radius 2 is 2.20 bits per heavy atom. The van der Waals surface area contributed by atoms with Crippen LogP contribution in [0.3, 0.4) is 0 Å². The summed E-state index contributed by atoms with van der Waals surface area (Å²) in [5.74, 6) is -0.122. The van der Waals surface area contributed by atoms with E-state index >= 15 is 0 Å². The van der Waals surface area contributed by atoms with Gasteiger partial charge in [-0.25, -0.2) is 0 Å². The number of carbonyl (C=O) groups is 1. The third-order valence-corrected chi connectivity index (χ3v) is 2.75. The summed E-state index contributed by atoms with van der Waals surface area (Å²) >= 11 is 3.32. The van der Waals surface area contributed by atoms with Crippen LogP contribution in [0.4, 0.5) is 0 Å². The van der Waals surface area contributed by atoms with Gasteiger partial charge in [0.1, 0.15) is 0 Å². The van der Waals surface area contributed by atoms with Crippen LogP contribution >= 0.6 is 15.9 Å². The number of aliphatic hydroxyl groups excluding tert-OH is 1. The molecule has 0 saturated carbocycles. The predicted octanol–water partition coefficient (Wildman–Crippen LogP) is 1.95. The summed E-state index contributed by atoms with van der Waals surface area (Å²) in [6.07, 6.45) is 0.566. The molecule has 1 unspecified atom stereocenters. The molecule has 0 aliphatic rings. The molecule has 1 rings (SSSR count). The summed E-state index contributed by atoms with van der Waals surface area (Å²) < 4.78 is 0.777. The monoisotopic (exact) mass is 271 g/mol. The lowest BCUT2D eigenvalue weighted by Gasteiger charge is -2.12. The van der Waals surface area contributed by atoms with Crippen molar-refractivity contribution in [3.8, 4) is 0 Å². The molecular weight excluding hydrogens is 258 g/mol. The molecule has 0 aliphatic carbocycles. The second-order valence-corrected chi connectivity index (χ2v) is 4.22. The number of hydrogen-bond acceptors (Lipinski definition) is 2. The van der Waals surface area contributed by atoms with Crippen molar-refractivity contribution in [3.63, 3.8) is 0 Å². The first-order valence-electron chi connectivity index (χ1n) is 4.81. The predicted molar refractivity (Wildman–Crippen MR) is 62.8 cm³/mol. The van der Waals surface area contributed by atoms with Crippen molar-refractivity contribution in [2.24, 2.45) is 0 Å². The van der Waals surface area contributed by atoms with Gasteiger partial charge in [0.2, 0.25) is 0 Å². The van der Waals surface area contributed by atoms with Crippen molar-refractivity contribution in [3.05, 3.63) is 34.3 Å². The SMILES string of the molecule is CC(CCO)NC(=O)c1ccccc1Br. The third kappa shape index (κ3) is 3.64. The number of benzene rings is 1. The van der Waals surface area contributed by atoms with Crippen LogP contribution in [-0.2, 0) is 0 Å². The van der Waals surface area contributed by atoms with Crippen molar-refractivity contribution in [2.45, 2.75) is 19.4 Å². The van der Waals surface area contributed by atoms with Crippen LogP contribution in [0.1, 0.15) is 23.7 Å². The molecule has 0 saturated heterocycles. The average Bonchev–Trinajstić information content (AvgIpc) is 2.18. The van der Waals surface area contributed by atoms with Gasteiger partial charge >= 0.3 is 0 Å². The van der Waals surface area contributed by atoms with E-state index in [0.29, 0.717) is 12.0 Å². The zero-order valence-corrected chi connectivity index (χ0v) is 10.1. The molecule has 0 aliphatic heterocycles. The Hall–Kier alpha value is -0.870. The summed E-state index contributed by atoms with van der Waals surface area (Å²) in [5, 5.41) is 11.5. The smallest absolute Gasteiger partial charge is 0.252 e. The molecule has 1 amide bonds. The molecule has 3 nitrogen and oxygen atoms in total. The van der Waals surface area contributed by atoms with Gasteiger partial charge in [0.25, 0.3) is 5.91 Å². The van der Waals surface area contributed by atoms with Gasteiger partial charge in [0.15, 0.2) is 0 Å². The highest BCUT2D eigenvalue weighted by Gasteiger charge is 2.11. The molecule has 0 bridgehead atoms. The Bertz CT molecular complexity index is 341. The first kappa shape index (κ1) is 12.2. The Morgan fingerprint density at radius 3 is 2.80 bits per heavy atom. The molecule has 1 atom stereocenters. The fourth-order valence-corrected chi connectivity index (χ4v) is 1.68. The van der Waals surface area contributed by atoms with Crippen LogP contribution in [0.2, 0.25) is 0 Å². The van der Waals surface area contributed by atoms with E-state index in [1.54, 1.807) is 6.07 Å². The fraction of sp³-hybridized carbons (Fsp3) is 0.364. The highest BCUT2D eigenvalue weighted by Crippen LogP contribution is 2.15. The second-order valence-electron chi connectivity index (χ2n) is 3.37. The number of halogens is 1. The van der Waals surface area contributed by atoms with Gasteiger partial charge in [0.05, 0.1) is 5.56 Å². The van der Waals surface area contributed by atoms with Crippen molar-refractivity contribution in [1.29, 1.82) is 0 Å². The Kier molecular flexibility index (Phi) is 4.78. The first-order valence-corrected chi connectivity index (χ1v) is 5.60. The molecule has 0 aromatic heterocycles. The van der Waals surface area contributed by atoms with E-state index in [9.17, 15) is 4.79 Å². The summed E-state index contributed by atoms with van der Waals surface area (Å²) in [6, 6.07) is 7.24. The molecule has 15 heavy (non-hydrogen) atoms. The average molecular weight is 272 g/mol. The topological polar surface area (TPSA) is 49.3 Å². The van der Waals surface area contributed by atoms with Crippen LogP contribution in [0.5, 0.6) is 0 Å². The van der Waals surface area contributed by atoms with E-state index in [0.717, 1.165) is 4.47 Å². The normalized spacial score (nSPS) is 12.2. The molecular formula is C11H14BrNO2. The maximum atomic E-state index is 11.7. The van der Waals surface area contributed by atoms with Crippen molar-refractivity contribution < 1.29 is 9.90 Å². The number of nitrogens with one attached hydrogen (secondary N) is 1. The van der Waals surface area contributed by atoms with Gasteiger partial charge < -0.3 is 10.4 Å². The molecule has 0 spiro atoms. The van der Waals surface area contributed by atoms with Crippen LogP contribution in [-0.4, -0.2) is 23.7 Å². The zero-order valence-electron chi connectivity index (χ0n) is 8.53. The van der Waals surface area contributed by atoms with Gasteiger partial charge in [-0.3, -0.25) is 4.79 Å². The van der Waals surface area contributed by atoms with Crippen LogP contribution in [0.15, 0.2) is 28.7 Å². The summed E-state index contributed by atoms with van der Waals surface area (Å²) in [7, 11) is 0. The number of amides is 1. The summed E-state index contributed by atoms with van der Waals surface area (Å²) in [6.45, 7) is 1.95. The number of aliphatic hydroxyl groups is 1. The minimum absolute atomic E-state index is 0.0189. The third-order valence-electron chi connectivity index (χ3n) is 2.06. The summed E-state index contributed by atoms with van der Waals surface area (Å²) in [4.78, 5) is 11.7. The molecule has 0 heterocycles. The van der Waals surface area contributed by atoms with Crippen LogP contribution in [0.25, 0.3) is 0 Å². The summed E-state index contributed by atoms with van der Waals surface area (Å²) in [5.41, 5.74) is 0.613. The lowest BCUT2D eigenvalue weighted by atomic mass is 10.2. The Labute approximate surface area is 97.6 Å². The van der Waals surface area contributed by atoms with Gasteiger partial charge in [-0.15, -0.1) is 0 Å². The first-order chi connectivity index (χ1) is 7.15. The molecule has 2 N–H and O–H groups in total. The molecule has 0 fully saturated rings. The van der Waals surface area contributed by atoms with Crippen LogP contribution < -0.4 is 5.32 Å². The standard InChI is InChI=1S/C11H14BrNO2/c1-8(6-7-14)13-11(15)9-4-2-3-5-10(9)12/h2-5,8,14H,6-7H2,1H3,(H,13,15). The van der Waals surface area contributed by atoms with E-state index in [-0.39, 0.29) is 18.6 Å². The van der Waals surface area contributed by atoms with Crippen LogP contribution in [0, 0.1) is 0 Å². The molecule has 1 aromatic carbocycles. The lowest BCUT2D eigenvalue weighted by molar-refractivity contribution is 0.0933. The van der Waals surface area contributed by atoms with Crippen molar-refractivity contribution >= 4 is 21.8 Å². The molecule has 1 aromatic rings. The van der Waals surface area contributed by atoms with Gasteiger partial charge in [0, 0.05) is 17.1 Å². The van der Waals surface area contributed by atoms with E-state index in [2.05, 4.69) is 21.2 Å². The maximum Gasteiger partial charge on any atom is 0.252 e. The zero-order chi connectivity index (χ0) is 11.3. The minimum Gasteiger partial charge on any atom is -0.396 e. The molecule has 82 valence electrons. The fourth-order valence-electron chi connectivity index (χ4n) is 1.21. The van der Waals surface area contributed by atoms with Crippen molar-refractivity contribution in [2.75, 3.05) is 6.61 Å². The van der Waals surface area contributed by atoms with E-state index in [1.807, 2.05) is 25.1 Å². The quantitative estimate of drug-likeness (QED) is 0.880. The minimum atomic E-state index is -0.122. The number of rotatable bonds is 4. The van der Waals surface area contributed by atoms with Gasteiger partial charge in [-0.05, 0) is 41.4 Å². The van der Waals surface area contributed by atoms with E-state index < -0.39 is 0 Å². The number of hydrogen-bond donors (Lipinski definition) is 2. The number of carbonyl (C=O) groups excluding carboxylic acids is 1. The molecule has 0 radical (unpaired) electrons. The molecule has 4 heteroatoms. The van der Waals surface area contributed by atoms with Crippen molar-refractivity contribution in [1.82, 2.24) is 5.32 Å². The Morgan fingerprint density at radius 1 is 1.53 bits per heavy atom. The maximum absolute atomic E-state index is 11.7. The highest BCUT2D eigenvalue weighted by molar-refractivity contribution is 9.10.